The molecule has 0 amide bonds. The molecule has 0 aromatic heterocycles. The highest BCUT2D eigenvalue weighted by atomic mass is 19.2. The highest BCUT2D eigenvalue weighted by Crippen LogP contribution is 2.37. The zero-order chi connectivity index (χ0) is 24.9. The molecule has 0 N–H and O–H groups in total. The summed E-state index contributed by atoms with van der Waals surface area (Å²) in [5.74, 6) is -5.32. The van der Waals surface area contributed by atoms with E-state index < -0.39 is 23.3 Å². The Morgan fingerprint density at radius 3 is 2.20 bits per heavy atom. The highest BCUT2D eigenvalue weighted by Gasteiger charge is 2.28. The van der Waals surface area contributed by atoms with Gasteiger partial charge in [0.1, 0.15) is 0 Å². The van der Waals surface area contributed by atoms with E-state index in [0.717, 1.165) is 24.8 Å². The molecule has 0 bridgehead atoms. The van der Waals surface area contributed by atoms with Crippen LogP contribution in [0.3, 0.4) is 0 Å². The Bertz CT molecular complexity index is 1180. The SMILES string of the molecule is C=Cc1ccc(CCC2CCC(c3ccc(-c4ccc(OCC)c(F)c4F)c(F)c3F)CO2)cc1. The lowest BCUT2D eigenvalue weighted by atomic mass is 9.88. The van der Waals surface area contributed by atoms with Crippen LogP contribution in [0.15, 0.2) is 55.1 Å². The fourth-order valence-electron chi connectivity index (χ4n) is 4.52. The molecule has 35 heavy (non-hydrogen) atoms. The maximum Gasteiger partial charge on any atom is 0.201 e. The van der Waals surface area contributed by atoms with Crippen molar-refractivity contribution in [2.24, 2.45) is 0 Å². The van der Waals surface area contributed by atoms with Crippen molar-refractivity contribution < 1.29 is 27.0 Å². The molecule has 2 unspecified atom stereocenters. The van der Waals surface area contributed by atoms with E-state index in [1.54, 1.807) is 13.0 Å². The van der Waals surface area contributed by atoms with Gasteiger partial charge in [0.05, 0.1) is 19.3 Å². The molecule has 1 heterocycles. The smallest absolute Gasteiger partial charge is 0.201 e. The van der Waals surface area contributed by atoms with E-state index in [1.165, 1.54) is 29.8 Å². The minimum Gasteiger partial charge on any atom is -0.491 e. The van der Waals surface area contributed by atoms with Crippen molar-refractivity contribution in [2.75, 3.05) is 13.2 Å². The number of aryl methyl sites for hydroxylation is 1. The third-order valence-corrected chi connectivity index (χ3v) is 6.53. The maximum absolute atomic E-state index is 15.0. The van der Waals surface area contributed by atoms with Gasteiger partial charge in [0.25, 0.3) is 0 Å². The molecule has 184 valence electrons. The summed E-state index contributed by atoms with van der Waals surface area (Å²) in [6.07, 6.45) is 4.96. The molecule has 2 nitrogen and oxygen atoms in total. The first-order valence-electron chi connectivity index (χ1n) is 11.8. The minimum atomic E-state index is -1.27. The second kappa shape index (κ2) is 11.1. The Balaban J connectivity index is 1.42. The van der Waals surface area contributed by atoms with Crippen molar-refractivity contribution in [3.05, 3.63) is 95.1 Å². The molecule has 6 heteroatoms. The van der Waals surface area contributed by atoms with Crippen molar-refractivity contribution >= 4 is 6.08 Å². The van der Waals surface area contributed by atoms with Crippen LogP contribution in [0.25, 0.3) is 17.2 Å². The van der Waals surface area contributed by atoms with Crippen LogP contribution in [0.5, 0.6) is 5.75 Å². The van der Waals surface area contributed by atoms with Crippen LogP contribution in [0.1, 0.15) is 48.8 Å². The van der Waals surface area contributed by atoms with Gasteiger partial charge in [-0.15, -0.1) is 0 Å². The van der Waals surface area contributed by atoms with E-state index in [2.05, 4.69) is 18.7 Å². The molecule has 1 aliphatic heterocycles. The topological polar surface area (TPSA) is 18.5 Å². The van der Waals surface area contributed by atoms with Gasteiger partial charge >= 0.3 is 0 Å². The Labute approximate surface area is 203 Å². The van der Waals surface area contributed by atoms with Crippen molar-refractivity contribution in [3.63, 3.8) is 0 Å². The Morgan fingerprint density at radius 2 is 1.57 bits per heavy atom. The summed E-state index contributed by atoms with van der Waals surface area (Å²) in [7, 11) is 0. The Hall–Kier alpha value is -3.12. The Kier molecular flexibility index (Phi) is 7.91. The van der Waals surface area contributed by atoms with Crippen molar-refractivity contribution in [2.45, 2.75) is 44.6 Å². The normalized spacial score (nSPS) is 17.9. The van der Waals surface area contributed by atoms with E-state index in [9.17, 15) is 13.2 Å². The van der Waals surface area contributed by atoms with Gasteiger partial charge in [-0.2, -0.15) is 4.39 Å². The predicted octanol–water partition coefficient (Wildman–Crippen LogP) is 7.85. The number of hydrogen-bond acceptors (Lipinski definition) is 2. The molecule has 0 aliphatic carbocycles. The Morgan fingerprint density at radius 1 is 0.886 bits per heavy atom. The summed E-state index contributed by atoms with van der Waals surface area (Å²) in [5, 5.41) is 0. The van der Waals surface area contributed by atoms with Crippen LogP contribution in [-0.2, 0) is 11.2 Å². The lowest BCUT2D eigenvalue weighted by molar-refractivity contribution is -0.00126. The molecule has 3 aromatic rings. The van der Waals surface area contributed by atoms with Crippen LogP contribution in [0.2, 0.25) is 0 Å². The van der Waals surface area contributed by atoms with Gasteiger partial charge in [-0.1, -0.05) is 49.1 Å². The van der Waals surface area contributed by atoms with Crippen LogP contribution in [-0.4, -0.2) is 19.3 Å². The lowest BCUT2D eigenvalue weighted by Gasteiger charge is -2.30. The van der Waals surface area contributed by atoms with Crippen LogP contribution in [0.4, 0.5) is 17.6 Å². The van der Waals surface area contributed by atoms with Crippen molar-refractivity contribution in [1.29, 1.82) is 0 Å². The molecule has 0 spiro atoms. The second-order valence-corrected chi connectivity index (χ2v) is 8.72. The molecule has 1 aliphatic rings. The average molecular weight is 485 g/mol. The monoisotopic (exact) mass is 484 g/mol. The summed E-state index contributed by atoms with van der Waals surface area (Å²) < 4.78 is 69.7. The van der Waals surface area contributed by atoms with Gasteiger partial charge in [0.15, 0.2) is 23.2 Å². The fraction of sp³-hybridized carbons (Fsp3) is 0.310. The number of halogens is 4. The first-order chi connectivity index (χ1) is 16.9. The van der Waals surface area contributed by atoms with E-state index >= 15 is 4.39 Å². The highest BCUT2D eigenvalue weighted by molar-refractivity contribution is 5.66. The first kappa shape index (κ1) is 25.0. The molecule has 3 aromatic carbocycles. The third-order valence-electron chi connectivity index (χ3n) is 6.53. The molecule has 1 saturated heterocycles. The number of hydrogen-bond donors (Lipinski definition) is 0. The predicted molar refractivity (Wildman–Crippen MR) is 129 cm³/mol. The van der Waals surface area contributed by atoms with Crippen LogP contribution < -0.4 is 4.74 Å². The molecular formula is C29H28F4O2. The fourth-order valence-corrected chi connectivity index (χ4v) is 4.52. The molecule has 1 fully saturated rings. The molecule has 4 rings (SSSR count). The van der Waals surface area contributed by atoms with Gasteiger partial charge in [0.2, 0.25) is 5.82 Å². The number of ether oxygens (including phenoxy) is 2. The third kappa shape index (κ3) is 5.43. The molecule has 0 saturated carbocycles. The van der Waals surface area contributed by atoms with Crippen molar-refractivity contribution in [3.8, 4) is 16.9 Å². The minimum absolute atomic E-state index is 0.0541. The number of rotatable bonds is 8. The van der Waals surface area contributed by atoms with Crippen molar-refractivity contribution in [1.82, 2.24) is 0 Å². The lowest BCUT2D eigenvalue weighted by Crippen LogP contribution is -2.26. The van der Waals surface area contributed by atoms with E-state index in [-0.39, 0.29) is 47.7 Å². The molecular weight excluding hydrogens is 456 g/mol. The summed E-state index contributed by atoms with van der Waals surface area (Å²) in [5.41, 5.74) is 1.79. The van der Waals surface area contributed by atoms with E-state index in [4.69, 9.17) is 9.47 Å². The van der Waals surface area contributed by atoms with Crippen LogP contribution >= 0.6 is 0 Å². The van der Waals surface area contributed by atoms with Gasteiger partial charge in [-0.25, -0.2) is 13.2 Å². The standard InChI is InChI=1S/C29H28F4O2/c1-3-18-5-7-19(8-6-18)9-11-21-12-10-20(17-35-21)22-13-14-23(27(31)26(22)30)24-15-16-25(34-4-2)29(33)28(24)32/h3,5-8,13-16,20-21H,1,4,9-12,17H2,2H3. The van der Waals surface area contributed by atoms with Crippen LogP contribution in [0, 0.1) is 23.3 Å². The van der Waals surface area contributed by atoms with Gasteiger partial charge < -0.3 is 9.47 Å². The summed E-state index contributed by atoms with van der Waals surface area (Å²) in [6.45, 7) is 5.82. The van der Waals surface area contributed by atoms with Gasteiger partial charge in [0, 0.05) is 17.0 Å². The zero-order valence-electron chi connectivity index (χ0n) is 19.6. The van der Waals surface area contributed by atoms with Gasteiger partial charge in [-0.3, -0.25) is 0 Å². The summed E-state index contributed by atoms with van der Waals surface area (Å²) in [6, 6.07) is 13.3. The quantitative estimate of drug-likeness (QED) is 0.303. The average Bonchev–Trinajstić information content (AvgIpc) is 2.88. The zero-order valence-corrected chi connectivity index (χ0v) is 19.6. The maximum atomic E-state index is 15.0. The molecule has 0 radical (unpaired) electrons. The van der Waals surface area contributed by atoms with E-state index in [0.29, 0.717) is 6.42 Å². The second-order valence-electron chi connectivity index (χ2n) is 8.72. The van der Waals surface area contributed by atoms with Gasteiger partial charge in [-0.05, 0) is 61.4 Å². The summed E-state index contributed by atoms with van der Waals surface area (Å²) in [4.78, 5) is 0. The largest absolute Gasteiger partial charge is 0.491 e. The first-order valence-corrected chi connectivity index (χ1v) is 11.8. The summed E-state index contributed by atoms with van der Waals surface area (Å²) >= 11 is 0. The van der Waals surface area contributed by atoms with E-state index in [1.807, 2.05) is 12.1 Å². The number of benzene rings is 3. The molecule has 2 atom stereocenters.